The van der Waals surface area contributed by atoms with Crippen molar-refractivity contribution in [1.82, 2.24) is 15.2 Å². The molecule has 1 N–H and O–H groups in total. The summed E-state index contributed by atoms with van der Waals surface area (Å²) < 4.78 is 10.2. The predicted molar refractivity (Wildman–Crippen MR) is 85.3 cm³/mol. The quantitative estimate of drug-likeness (QED) is 0.655. The van der Waals surface area contributed by atoms with E-state index in [2.05, 4.69) is 21.2 Å². The number of H-pyrrole nitrogens is 1. The van der Waals surface area contributed by atoms with E-state index in [0.29, 0.717) is 23.9 Å². The van der Waals surface area contributed by atoms with Gasteiger partial charge >= 0.3 is 5.97 Å². The molecule has 3 rings (SSSR count). The molecule has 1 aliphatic carbocycles. The third-order valence-electron chi connectivity index (χ3n) is 4.35. The van der Waals surface area contributed by atoms with Crippen LogP contribution in [0.2, 0.25) is 0 Å². The van der Waals surface area contributed by atoms with E-state index in [-0.39, 0.29) is 12.6 Å². The Balaban J connectivity index is 1.95. The molecule has 6 nitrogen and oxygen atoms in total. The molecule has 1 aromatic heterocycles. The topological polar surface area (TPSA) is 77.1 Å². The van der Waals surface area contributed by atoms with Crippen LogP contribution in [0.5, 0.6) is 0 Å². The lowest BCUT2D eigenvalue weighted by molar-refractivity contribution is 0.0387. The molecule has 1 fully saturated rings. The summed E-state index contributed by atoms with van der Waals surface area (Å²) in [5.41, 5.74) is 3.67. The number of hydrogen-bond donors (Lipinski definition) is 1. The fourth-order valence-corrected chi connectivity index (χ4v) is 2.84. The minimum absolute atomic E-state index is 0.247. The highest BCUT2D eigenvalue weighted by Gasteiger charge is 2.26. The van der Waals surface area contributed by atoms with Crippen LogP contribution in [0.1, 0.15) is 46.7 Å². The standard InChI is InChI=1S/C17H21N3O3/c1-11-8-14(12-4-3-5-12)15(16-18-10-19-20-16)9-13(11)17(21)23-7-6-22-2/h8-10,12H,3-7H2,1-2H3,(H,18,19,20). The van der Waals surface area contributed by atoms with Crippen molar-refractivity contribution in [2.24, 2.45) is 0 Å². The van der Waals surface area contributed by atoms with Crippen LogP contribution in [0.3, 0.4) is 0 Å². The van der Waals surface area contributed by atoms with Crippen molar-refractivity contribution < 1.29 is 14.3 Å². The Morgan fingerprint density at radius 3 is 2.78 bits per heavy atom. The van der Waals surface area contributed by atoms with Crippen LogP contribution in [-0.2, 0) is 9.47 Å². The zero-order valence-corrected chi connectivity index (χ0v) is 13.5. The van der Waals surface area contributed by atoms with E-state index in [9.17, 15) is 4.79 Å². The fraction of sp³-hybridized carbons (Fsp3) is 0.471. The van der Waals surface area contributed by atoms with Gasteiger partial charge in [0.05, 0.1) is 12.2 Å². The third-order valence-corrected chi connectivity index (χ3v) is 4.35. The number of esters is 1. The summed E-state index contributed by atoms with van der Waals surface area (Å²) in [6.07, 6.45) is 5.16. The van der Waals surface area contributed by atoms with E-state index in [0.717, 1.165) is 11.1 Å². The van der Waals surface area contributed by atoms with Gasteiger partial charge in [0.15, 0.2) is 5.82 Å². The van der Waals surface area contributed by atoms with E-state index in [4.69, 9.17) is 9.47 Å². The number of nitrogens with one attached hydrogen (secondary N) is 1. The molecule has 1 saturated carbocycles. The molecule has 6 heteroatoms. The first-order chi connectivity index (χ1) is 11.2. The highest BCUT2D eigenvalue weighted by atomic mass is 16.6. The van der Waals surface area contributed by atoms with Crippen LogP contribution >= 0.6 is 0 Å². The smallest absolute Gasteiger partial charge is 0.338 e. The normalized spacial score (nSPS) is 14.5. The largest absolute Gasteiger partial charge is 0.460 e. The van der Waals surface area contributed by atoms with E-state index < -0.39 is 0 Å². The highest BCUT2D eigenvalue weighted by Crippen LogP contribution is 2.41. The second-order valence-electron chi connectivity index (χ2n) is 5.85. The molecule has 0 amide bonds. The summed E-state index contributed by atoms with van der Waals surface area (Å²) in [6, 6.07) is 3.97. The maximum Gasteiger partial charge on any atom is 0.338 e. The summed E-state index contributed by atoms with van der Waals surface area (Å²) >= 11 is 0. The van der Waals surface area contributed by atoms with Gasteiger partial charge in [-0.3, -0.25) is 0 Å². The fourth-order valence-electron chi connectivity index (χ4n) is 2.84. The molecule has 0 radical (unpaired) electrons. The molecule has 1 heterocycles. The zero-order valence-electron chi connectivity index (χ0n) is 13.5. The van der Waals surface area contributed by atoms with Gasteiger partial charge in [0.25, 0.3) is 0 Å². The van der Waals surface area contributed by atoms with Gasteiger partial charge in [0, 0.05) is 12.7 Å². The Bertz CT molecular complexity index is 679. The predicted octanol–water partition coefficient (Wildman–Crippen LogP) is 2.85. The van der Waals surface area contributed by atoms with Gasteiger partial charge in [-0.15, -0.1) is 10.2 Å². The molecule has 0 bridgehead atoms. The van der Waals surface area contributed by atoms with Gasteiger partial charge < -0.3 is 14.5 Å². The van der Waals surface area contributed by atoms with Gasteiger partial charge in [-0.25, -0.2) is 4.79 Å². The zero-order chi connectivity index (χ0) is 16.2. The molecule has 0 aliphatic heterocycles. The highest BCUT2D eigenvalue weighted by molar-refractivity contribution is 5.93. The van der Waals surface area contributed by atoms with Crippen LogP contribution in [0.4, 0.5) is 0 Å². The number of hydrogen-bond acceptors (Lipinski definition) is 5. The summed E-state index contributed by atoms with van der Waals surface area (Å²) in [5.74, 6) is 0.894. The minimum Gasteiger partial charge on any atom is -0.460 e. The number of nitrogens with zero attached hydrogens (tertiary/aromatic N) is 2. The van der Waals surface area contributed by atoms with Crippen LogP contribution in [0, 0.1) is 6.92 Å². The molecule has 23 heavy (non-hydrogen) atoms. The van der Waals surface area contributed by atoms with Crippen LogP contribution in [0.25, 0.3) is 11.4 Å². The number of carbonyl (C=O) groups is 1. The number of carbonyl (C=O) groups excluding carboxylic acids is 1. The number of aryl methyl sites for hydroxylation is 1. The maximum absolute atomic E-state index is 12.3. The Morgan fingerprint density at radius 2 is 2.17 bits per heavy atom. The van der Waals surface area contributed by atoms with Crippen LogP contribution in [0.15, 0.2) is 18.5 Å². The van der Waals surface area contributed by atoms with Crippen molar-refractivity contribution in [3.8, 4) is 11.4 Å². The number of aromatic nitrogens is 3. The Morgan fingerprint density at radius 1 is 1.35 bits per heavy atom. The average molecular weight is 315 g/mol. The molecule has 122 valence electrons. The molecule has 0 spiro atoms. The SMILES string of the molecule is COCCOC(=O)c1cc(-c2nnc[nH]2)c(C2CCC2)cc1C. The number of benzene rings is 1. The van der Waals surface area contributed by atoms with Gasteiger partial charge in [-0.05, 0) is 42.9 Å². The summed E-state index contributed by atoms with van der Waals surface area (Å²) in [6.45, 7) is 2.58. The lowest BCUT2D eigenvalue weighted by atomic mass is 9.77. The molecule has 0 atom stereocenters. The molecular weight excluding hydrogens is 294 g/mol. The van der Waals surface area contributed by atoms with E-state index in [1.54, 1.807) is 13.4 Å². The second kappa shape index (κ2) is 6.91. The first-order valence-electron chi connectivity index (χ1n) is 7.87. The first kappa shape index (κ1) is 15.7. The monoisotopic (exact) mass is 315 g/mol. The van der Waals surface area contributed by atoms with Crippen molar-refractivity contribution in [3.63, 3.8) is 0 Å². The van der Waals surface area contributed by atoms with E-state index >= 15 is 0 Å². The first-order valence-corrected chi connectivity index (χ1v) is 7.87. The molecule has 0 unspecified atom stereocenters. The number of aromatic amines is 1. The van der Waals surface area contributed by atoms with Gasteiger partial charge in [0.1, 0.15) is 12.9 Å². The minimum atomic E-state index is -0.333. The Labute approximate surface area is 135 Å². The Kier molecular flexibility index (Phi) is 4.71. The van der Waals surface area contributed by atoms with Crippen molar-refractivity contribution in [1.29, 1.82) is 0 Å². The summed E-state index contributed by atoms with van der Waals surface area (Å²) in [7, 11) is 1.58. The van der Waals surface area contributed by atoms with Gasteiger partial charge in [-0.2, -0.15) is 0 Å². The van der Waals surface area contributed by atoms with Crippen molar-refractivity contribution in [2.75, 3.05) is 20.3 Å². The van der Waals surface area contributed by atoms with E-state index in [1.807, 2.05) is 13.0 Å². The summed E-state index contributed by atoms with van der Waals surface area (Å²) in [5, 5.41) is 7.98. The Hall–Kier alpha value is -2.21. The molecule has 0 saturated heterocycles. The molecule has 1 aliphatic rings. The van der Waals surface area contributed by atoms with Crippen molar-refractivity contribution >= 4 is 5.97 Å². The lowest BCUT2D eigenvalue weighted by Crippen LogP contribution is -2.14. The summed E-state index contributed by atoms with van der Waals surface area (Å²) in [4.78, 5) is 15.3. The van der Waals surface area contributed by atoms with Crippen molar-refractivity contribution in [2.45, 2.75) is 32.1 Å². The number of ether oxygens (including phenoxy) is 2. The third kappa shape index (κ3) is 3.27. The van der Waals surface area contributed by atoms with Crippen molar-refractivity contribution in [3.05, 3.63) is 35.2 Å². The van der Waals surface area contributed by atoms with E-state index in [1.165, 1.54) is 24.8 Å². The number of rotatable bonds is 6. The maximum atomic E-state index is 12.3. The molecular formula is C17H21N3O3. The van der Waals surface area contributed by atoms with Gasteiger partial charge in [-0.1, -0.05) is 12.5 Å². The second-order valence-corrected chi connectivity index (χ2v) is 5.85. The average Bonchev–Trinajstić information content (AvgIpc) is 3.00. The molecule has 2 aromatic rings. The van der Waals surface area contributed by atoms with Crippen LogP contribution in [-0.4, -0.2) is 41.5 Å². The number of methoxy groups -OCH3 is 1. The lowest BCUT2D eigenvalue weighted by Gasteiger charge is -2.28. The van der Waals surface area contributed by atoms with Crippen LogP contribution < -0.4 is 0 Å². The molecule has 1 aromatic carbocycles. The van der Waals surface area contributed by atoms with Gasteiger partial charge in [0.2, 0.25) is 0 Å².